The Kier molecular flexibility index (Phi) is 3.43. The zero-order chi connectivity index (χ0) is 14.1. The van der Waals surface area contributed by atoms with Crippen LogP contribution in [0.4, 0.5) is 0 Å². The summed E-state index contributed by atoms with van der Waals surface area (Å²) in [5, 5.41) is 12.6. The Labute approximate surface area is 116 Å². The minimum absolute atomic E-state index is 0.114. The van der Waals surface area contributed by atoms with Crippen LogP contribution in [-0.4, -0.2) is 50.5 Å². The maximum atomic E-state index is 12.6. The summed E-state index contributed by atoms with van der Waals surface area (Å²) in [4.78, 5) is 32.6. The molecule has 2 aliphatic heterocycles. The Morgan fingerprint density at radius 1 is 1.40 bits per heavy atom. The fraction of sp³-hybridized carbons (Fsp3) is 0.615. The lowest BCUT2D eigenvalue weighted by Gasteiger charge is -2.36. The summed E-state index contributed by atoms with van der Waals surface area (Å²) < 4.78 is 0. The maximum absolute atomic E-state index is 12.6. The summed E-state index contributed by atoms with van der Waals surface area (Å²) in [6.45, 7) is 1.11. The van der Waals surface area contributed by atoms with Gasteiger partial charge in [0.1, 0.15) is 6.04 Å². The third-order valence-electron chi connectivity index (χ3n) is 4.08. The minimum Gasteiger partial charge on any atom is -0.480 e. The van der Waals surface area contributed by atoms with Gasteiger partial charge in [0.25, 0.3) is 0 Å². The molecule has 0 spiro atoms. The number of nitrogens with one attached hydrogen (secondary N) is 2. The molecule has 0 radical (unpaired) electrons. The summed E-state index contributed by atoms with van der Waals surface area (Å²) >= 11 is 0. The first-order valence-corrected chi connectivity index (χ1v) is 6.94. The van der Waals surface area contributed by atoms with Crippen LogP contribution >= 0.6 is 0 Å². The van der Waals surface area contributed by atoms with E-state index in [0.717, 1.165) is 37.2 Å². The molecule has 2 aliphatic rings. The zero-order valence-corrected chi connectivity index (χ0v) is 11.1. The van der Waals surface area contributed by atoms with Gasteiger partial charge in [-0.15, -0.1) is 0 Å². The predicted molar refractivity (Wildman–Crippen MR) is 69.9 cm³/mol. The third kappa shape index (κ3) is 2.29. The molecule has 1 aromatic heterocycles. The first-order chi connectivity index (χ1) is 9.66. The molecule has 1 saturated heterocycles. The van der Waals surface area contributed by atoms with Crippen LogP contribution in [0.5, 0.6) is 0 Å². The first kappa shape index (κ1) is 13.1. The van der Waals surface area contributed by atoms with Gasteiger partial charge in [0.15, 0.2) is 0 Å². The number of carboxylic acids is 1. The van der Waals surface area contributed by atoms with Gasteiger partial charge in [-0.2, -0.15) is 0 Å². The van der Waals surface area contributed by atoms with E-state index in [2.05, 4.69) is 15.3 Å². The number of carboxylic acid groups (broad SMARTS) is 1. The summed E-state index contributed by atoms with van der Waals surface area (Å²) in [6, 6.07) is -1.07. The van der Waals surface area contributed by atoms with E-state index in [9.17, 15) is 14.7 Å². The second kappa shape index (κ2) is 5.24. The number of rotatable bonds is 2. The van der Waals surface area contributed by atoms with Gasteiger partial charge >= 0.3 is 5.97 Å². The molecule has 1 unspecified atom stereocenters. The number of piperidine rings is 1. The number of fused-ring (bicyclic) bond motifs is 1. The van der Waals surface area contributed by atoms with E-state index in [1.165, 1.54) is 4.90 Å². The first-order valence-electron chi connectivity index (χ1n) is 6.94. The van der Waals surface area contributed by atoms with Crippen molar-refractivity contribution in [2.75, 3.05) is 6.54 Å². The highest BCUT2D eigenvalue weighted by molar-refractivity contribution is 5.87. The van der Waals surface area contributed by atoms with Crippen molar-refractivity contribution < 1.29 is 14.7 Å². The lowest BCUT2D eigenvalue weighted by atomic mass is 9.98. The number of hydrogen-bond donors (Lipinski definition) is 3. The Balaban J connectivity index is 1.82. The van der Waals surface area contributed by atoms with Gasteiger partial charge in [-0.3, -0.25) is 4.79 Å². The lowest BCUT2D eigenvalue weighted by molar-refractivity contribution is -0.152. The Morgan fingerprint density at radius 2 is 2.25 bits per heavy atom. The fourth-order valence-electron chi connectivity index (χ4n) is 2.95. The van der Waals surface area contributed by atoms with Crippen molar-refractivity contribution in [2.24, 2.45) is 0 Å². The van der Waals surface area contributed by atoms with E-state index in [1.807, 2.05) is 0 Å². The second-order valence-corrected chi connectivity index (χ2v) is 5.35. The van der Waals surface area contributed by atoms with Crippen LogP contribution in [0.2, 0.25) is 0 Å². The normalized spacial score (nSPS) is 26.1. The van der Waals surface area contributed by atoms with Crippen LogP contribution in [0.3, 0.4) is 0 Å². The number of imidazole rings is 1. The summed E-state index contributed by atoms with van der Waals surface area (Å²) in [7, 11) is 0. The topological polar surface area (TPSA) is 98.3 Å². The molecule has 7 nitrogen and oxygen atoms in total. The number of aliphatic carboxylic acids is 1. The number of amides is 1. The molecule has 3 heterocycles. The molecule has 3 N–H and O–H groups in total. The maximum Gasteiger partial charge on any atom is 0.326 e. The Morgan fingerprint density at radius 3 is 2.95 bits per heavy atom. The zero-order valence-electron chi connectivity index (χ0n) is 11.1. The molecule has 1 aromatic rings. The summed E-state index contributed by atoms with van der Waals surface area (Å²) in [6.07, 6.45) is 4.67. The summed E-state index contributed by atoms with van der Waals surface area (Å²) in [5.41, 5.74) is 1.59. The van der Waals surface area contributed by atoms with Crippen molar-refractivity contribution in [2.45, 2.75) is 44.3 Å². The van der Waals surface area contributed by atoms with Gasteiger partial charge in [-0.25, -0.2) is 9.78 Å². The summed E-state index contributed by atoms with van der Waals surface area (Å²) in [5.74, 6) is -1.08. The number of H-pyrrole nitrogens is 1. The number of carbonyl (C=O) groups is 2. The van der Waals surface area contributed by atoms with Gasteiger partial charge in [0.05, 0.1) is 30.3 Å². The molecule has 20 heavy (non-hydrogen) atoms. The Bertz CT molecular complexity index is 521. The van der Waals surface area contributed by atoms with Crippen LogP contribution < -0.4 is 5.32 Å². The van der Waals surface area contributed by atoms with Crippen molar-refractivity contribution >= 4 is 11.9 Å². The van der Waals surface area contributed by atoms with Crippen LogP contribution in [0, 0.1) is 0 Å². The largest absolute Gasteiger partial charge is 0.480 e. The second-order valence-electron chi connectivity index (χ2n) is 5.35. The highest BCUT2D eigenvalue weighted by Crippen LogP contribution is 2.23. The monoisotopic (exact) mass is 278 g/mol. The predicted octanol–water partition coefficient (Wildman–Crippen LogP) is -0.110. The highest BCUT2D eigenvalue weighted by atomic mass is 16.4. The van der Waals surface area contributed by atoms with E-state index >= 15 is 0 Å². The molecule has 7 heteroatoms. The molecule has 0 aliphatic carbocycles. The number of hydrogen-bond acceptors (Lipinski definition) is 4. The van der Waals surface area contributed by atoms with E-state index in [1.54, 1.807) is 6.33 Å². The van der Waals surface area contributed by atoms with Crippen LogP contribution in [0.1, 0.15) is 30.7 Å². The van der Waals surface area contributed by atoms with Crippen LogP contribution in [0.25, 0.3) is 0 Å². The smallest absolute Gasteiger partial charge is 0.326 e. The number of nitrogens with zero attached hydrogens (tertiary/aromatic N) is 2. The SMILES string of the molecule is O=C(O)C1Cc2nc[nH]c2CN1C(=O)[C@@H]1CCCCN1. The molecule has 1 fully saturated rings. The molecule has 1 amide bonds. The van der Waals surface area contributed by atoms with E-state index in [-0.39, 0.29) is 18.4 Å². The van der Waals surface area contributed by atoms with Crippen molar-refractivity contribution in [3.05, 3.63) is 17.7 Å². The van der Waals surface area contributed by atoms with Crippen molar-refractivity contribution in [3.63, 3.8) is 0 Å². The highest BCUT2D eigenvalue weighted by Gasteiger charge is 2.38. The van der Waals surface area contributed by atoms with Crippen LogP contribution in [0.15, 0.2) is 6.33 Å². The average Bonchev–Trinajstić information content (AvgIpc) is 2.93. The van der Waals surface area contributed by atoms with Crippen molar-refractivity contribution in [1.82, 2.24) is 20.2 Å². The lowest BCUT2D eigenvalue weighted by Crippen LogP contribution is -2.55. The molecule has 0 saturated carbocycles. The third-order valence-corrected chi connectivity index (χ3v) is 4.08. The number of aromatic nitrogens is 2. The molecule has 0 aromatic carbocycles. The Hall–Kier alpha value is -1.89. The van der Waals surface area contributed by atoms with Crippen molar-refractivity contribution in [1.29, 1.82) is 0 Å². The molecule has 3 rings (SSSR count). The van der Waals surface area contributed by atoms with Gasteiger partial charge < -0.3 is 20.3 Å². The van der Waals surface area contributed by atoms with E-state index in [4.69, 9.17) is 0 Å². The standard InChI is InChI=1S/C13H18N4O3/c18-12(8-3-1-2-4-14-8)17-6-10-9(15-7-16-10)5-11(17)13(19)20/h7-8,11,14H,1-6H2,(H,15,16)(H,19,20)/t8-,11?/m0/s1. The van der Waals surface area contributed by atoms with Crippen molar-refractivity contribution in [3.8, 4) is 0 Å². The average molecular weight is 278 g/mol. The molecular formula is C13H18N4O3. The number of carbonyl (C=O) groups excluding carboxylic acids is 1. The number of aromatic amines is 1. The van der Waals surface area contributed by atoms with Gasteiger partial charge in [0.2, 0.25) is 5.91 Å². The molecule has 2 atom stereocenters. The molecular weight excluding hydrogens is 260 g/mol. The molecule has 0 bridgehead atoms. The quantitative estimate of drug-likeness (QED) is 0.701. The van der Waals surface area contributed by atoms with E-state index in [0.29, 0.717) is 6.54 Å². The van der Waals surface area contributed by atoms with Gasteiger partial charge in [0, 0.05) is 6.42 Å². The van der Waals surface area contributed by atoms with Crippen LogP contribution in [-0.2, 0) is 22.6 Å². The minimum atomic E-state index is -0.970. The van der Waals surface area contributed by atoms with E-state index < -0.39 is 12.0 Å². The van der Waals surface area contributed by atoms with Gasteiger partial charge in [-0.1, -0.05) is 6.42 Å². The fourth-order valence-corrected chi connectivity index (χ4v) is 2.95. The van der Waals surface area contributed by atoms with Gasteiger partial charge in [-0.05, 0) is 19.4 Å². The molecule has 108 valence electrons.